The maximum Gasteiger partial charge on any atom is 0.257 e. The standard InChI is InChI=1S/C18H16N2O4S/c1-11(25-18-20-13-4-2-3-5-14(13)24-18)17(21)19-9-12-6-7-15-16(8-12)23-10-22-15/h2-8,11H,9-10H2,1H3,(H,19,21)/t11-/m1/s1. The third-order valence-corrected chi connectivity index (χ3v) is 4.77. The van der Waals surface area contributed by atoms with E-state index in [0.717, 1.165) is 22.4 Å². The third-order valence-electron chi connectivity index (χ3n) is 3.82. The number of hydrogen-bond acceptors (Lipinski definition) is 6. The molecule has 0 unspecified atom stereocenters. The van der Waals surface area contributed by atoms with Crippen LogP contribution in [-0.4, -0.2) is 22.9 Å². The van der Waals surface area contributed by atoms with Crippen molar-refractivity contribution < 1.29 is 18.7 Å². The Labute approximate surface area is 148 Å². The fourth-order valence-corrected chi connectivity index (χ4v) is 3.27. The zero-order valence-corrected chi connectivity index (χ0v) is 14.3. The summed E-state index contributed by atoms with van der Waals surface area (Å²) in [6, 6.07) is 13.2. The lowest BCUT2D eigenvalue weighted by Gasteiger charge is -2.10. The Bertz CT molecular complexity index is 891. The highest BCUT2D eigenvalue weighted by Gasteiger charge is 2.18. The number of para-hydroxylation sites is 2. The minimum Gasteiger partial charge on any atom is -0.454 e. The van der Waals surface area contributed by atoms with Gasteiger partial charge in [-0.25, -0.2) is 4.98 Å². The minimum absolute atomic E-state index is 0.0788. The smallest absolute Gasteiger partial charge is 0.257 e. The van der Waals surface area contributed by atoms with Gasteiger partial charge in [0.05, 0.1) is 5.25 Å². The summed E-state index contributed by atoms with van der Waals surface area (Å²) in [7, 11) is 0. The summed E-state index contributed by atoms with van der Waals surface area (Å²) in [5.74, 6) is 1.36. The van der Waals surface area contributed by atoms with Gasteiger partial charge >= 0.3 is 0 Å². The lowest BCUT2D eigenvalue weighted by Crippen LogP contribution is -2.30. The van der Waals surface area contributed by atoms with E-state index in [1.165, 1.54) is 11.8 Å². The van der Waals surface area contributed by atoms with E-state index in [4.69, 9.17) is 13.9 Å². The normalized spacial score (nSPS) is 13.8. The van der Waals surface area contributed by atoms with Crippen molar-refractivity contribution in [2.24, 2.45) is 0 Å². The average Bonchev–Trinajstić information content (AvgIpc) is 3.24. The number of nitrogens with one attached hydrogen (secondary N) is 1. The van der Waals surface area contributed by atoms with Crippen molar-refractivity contribution in [2.45, 2.75) is 23.9 Å². The second-order valence-corrected chi connectivity index (χ2v) is 6.91. The number of ether oxygens (including phenoxy) is 2. The summed E-state index contributed by atoms with van der Waals surface area (Å²) in [5, 5.41) is 3.09. The molecule has 1 N–H and O–H groups in total. The molecule has 3 aromatic rings. The van der Waals surface area contributed by atoms with Crippen LogP contribution < -0.4 is 14.8 Å². The van der Waals surface area contributed by atoms with Crippen molar-refractivity contribution in [1.29, 1.82) is 0 Å². The molecule has 1 amide bonds. The Hall–Kier alpha value is -2.67. The highest BCUT2D eigenvalue weighted by molar-refractivity contribution is 8.00. The lowest BCUT2D eigenvalue weighted by molar-refractivity contribution is -0.120. The molecule has 0 saturated carbocycles. The van der Waals surface area contributed by atoms with E-state index in [-0.39, 0.29) is 18.0 Å². The van der Waals surface area contributed by atoms with Crippen LogP contribution in [0.5, 0.6) is 11.5 Å². The average molecular weight is 356 g/mol. The molecule has 0 spiro atoms. The maximum atomic E-state index is 12.3. The number of benzene rings is 2. The highest BCUT2D eigenvalue weighted by Crippen LogP contribution is 2.32. The molecular weight excluding hydrogens is 340 g/mol. The van der Waals surface area contributed by atoms with Crippen LogP contribution in [0.3, 0.4) is 0 Å². The van der Waals surface area contributed by atoms with Crippen molar-refractivity contribution in [1.82, 2.24) is 10.3 Å². The Kier molecular flexibility index (Phi) is 4.23. The summed E-state index contributed by atoms with van der Waals surface area (Å²) in [5.41, 5.74) is 2.47. The summed E-state index contributed by atoms with van der Waals surface area (Å²) in [6.45, 7) is 2.49. The fraction of sp³-hybridized carbons (Fsp3) is 0.222. The van der Waals surface area contributed by atoms with E-state index in [1.807, 2.05) is 49.4 Å². The van der Waals surface area contributed by atoms with Crippen molar-refractivity contribution in [3.05, 3.63) is 48.0 Å². The van der Waals surface area contributed by atoms with Gasteiger partial charge in [0.25, 0.3) is 5.22 Å². The molecule has 6 nitrogen and oxygen atoms in total. The van der Waals surface area contributed by atoms with E-state index in [2.05, 4.69) is 10.3 Å². The SMILES string of the molecule is C[C@@H](Sc1nc2ccccc2o1)C(=O)NCc1ccc2c(c1)OCO2. The van der Waals surface area contributed by atoms with Gasteiger partial charge in [-0.15, -0.1) is 0 Å². The van der Waals surface area contributed by atoms with Crippen LogP contribution in [0.15, 0.2) is 52.1 Å². The van der Waals surface area contributed by atoms with Gasteiger partial charge in [-0.1, -0.05) is 30.0 Å². The molecule has 1 atom stereocenters. The molecule has 25 heavy (non-hydrogen) atoms. The van der Waals surface area contributed by atoms with Crippen LogP contribution in [0.2, 0.25) is 0 Å². The molecule has 0 fully saturated rings. The zero-order chi connectivity index (χ0) is 17.2. The van der Waals surface area contributed by atoms with Crippen LogP contribution in [0.4, 0.5) is 0 Å². The highest BCUT2D eigenvalue weighted by atomic mass is 32.2. The number of oxazole rings is 1. The Morgan fingerprint density at radius 2 is 2.08 bits per heavy atom. The number of nitrogens with zero attached hydrogens (tertiary/aromatic N) is 1. The molecule has 2 heterocycles. The number of carbonyl (C=O) groups excluding carboxylic acids is 1. The Morgan fingerprint density at radius 3 is 2.96 bits per heavy atom. The van der Waals surface area contributed by atoms with Crippen molar-refractivity contribution in [3.8, 4) is 11.5 Å². The van der Waals surface area contributed by atoms with Crippen LogP contribution in [0.1, 0.15) is 12.5 Å². The first-order valence-corrected chi connectivity index (χ1v) is 8.75. The first-order valence-electron chi connectivity index (χ1n) is 7.87. The number of thioether (sulfide) groups is 1. The van der Waals surface area contributed by atoms with Crippen molar-refractivity contribution >= 4 is 28.8 Å². The molecule has 1 aliphatic rings. The lowest BCUT2D eigenvalue weighted by atomic mass is 10.2. The monoisotopic (exact) mass is 356 g/mol. The summed E-state index contributed by atoms with van der Waals surface area (Å²) < 4.78 is 16.3. The largest absolute Gasteiger partial charge is 0.454 e. The van der Waals surface area contributed by atoms with Gasteiger partial charge in [-0.3, -0.25) is 4.79 Å². The number of aromatic nitrogens is 1. The second kappa shape index (κ2) is 6.68. The quantitative estimate of drug-likeness (QED) is 0.707. The van der Waals surface area contributed by atoms with E-state index >= 15 is 0 Å². The van der Waals surface area contributed by atoms with Gasteiger partial charge in [0, 0.05) is 6.54 Å². The predicted molar refractivity (Wildman–Crippen MR) is 93.7 cm³/mol. The maximum absolute atomic E-state index is 12.3. The summed E-state index contributed by atoms with van der Waals surface area (Å²) >= 11 is 1.30. The topological polar surface area (TPSA) is 73.6 Å². The van der Waals surface area contributed by atoms with Gasteiger partial charge in [-0.2, -0.15) is 0 Å². The number of rotatable bonds is 5. The molecule has 0 radical (unpaired) electrons. The molecule has 128 valence electrons. The van der Waals surface area contributed by atoms with Gasteiger partial charge < -0.3 is 19.2 Å². The van der Waals surface area contributed by atoms with Crippen LogP contribution >= 0.6 is 11.8 Å². The third kappa shape index (κ3) is 3.41. The van der Waals surface area contributed by atoms with Crippen molar-refractivity contribution in [3.63, 3.8) is 0 Å². The zero-order valence-electron chi connectivity index (χ0n) is 13.5. The van der Waals surface area contributed by atoms with Crippen LogP contribution in [0, 0.1) is 0 Å². The van der Waals surface area contributed by atoms with Crippen LogP contribution in [0.25, 0.3) is 11.1 Å². The number of carbonyl (C=O) groups is 1. The van der Waals surface area contributed by atoms with Gasteiger partial charge in [0.15, 0.2) is 17.1 Å². The molecule has 1 aliphatic heterocycles. The number of amides is 1. The molecule has 7 heteroatoms. The Balaban J connectivity index is 1.35. The molecule has 2 aromatic carbocycles. The molecule has 1 aromatic heterocycles. The molecule has 0 aliphatic carbocycles. The van der Waals surface area contributed by atoms with Crippen LogP contribution in [-0.2, 0) is 11.3 Å². The number of fused-ring (bicyclic) bond motifs is 2. The first kappa shape index (κ1) is 15.8. The summed E-state index contributed by atoms with van der Waals surface area (Å²) in [6.07, 6.45) is 0. The Morgan fingerprint density at radius 1 is 1.24 bits per heavy atom. The molecule has 0 saturated heterocycles. The molecule has 4 rings (SSSR count). The predicted octanol–water partition coefficient (Wildman–Crippen LogP) is 3.35. The minimum atomic E-state index is -0.318. The van der Waals surface area contributed by atoms with E-state index < -0.39 is 0 Å². The second-order valence-electron chi connectivity index (χ2n) is 5.61. The summed E-state index contributed by atoms with van der Waals surface area (Å²) in [4.78, 5) is 16.7. The van der Waals surface area contributed by atoms with Gasteiger partial charge in [-0.05, 0) is 36.8 Å². The van der Waals surface area contributed by atoms with E-state index in [9.17, 15) is 4.79 Å². The fourth-order valence-electron chi connectivity index (χ4n) is 2.49. The first-order chi connectivity index (χ1) is 12.2. The molecule has 0 bridgehead atoms. The number of hydrogen-bond donors (Lipinski definition) is 1. The molecular formula is C18H16N2O4S. The van der Waals surface area contributed by atoms with Gasteiger partial charge in [0.2, 0.25) is 12.7 Å². The van der Waals surface area contributed by atoms with E-state index in [0.29, 0.717) is 17.5 Å². The van der Waals surface area contributed by atoms with Gasteiger partial charge in [0.1, 0.15) is 5.52 Å². The van der Waals surface area contributed by atoms with E-state index in [1.54, 1.807) is 0 Å². The van der Waals surface area contributed by atoms with Crippen molar-refractivity contribution in [2.75, 3.05) is 6.79 Å².